The standard InChI is InChI=1S/C10H12N2OS/c1-2-12-10(13)8-5-3-4-7(6-8)9(11)14/h3-6H,2H2,1H3,(H2,11,14)(H,12,13). The summed E-state index contributed by atoms with van der Waals surface area (Å²) in [7, 11) is 0. The monoisotopic (exact) mass is 208 g/mol. The van der Waals surface area contributed by atoms with Gasteiger partial charge in [-0.3, -0.25) is 4.79 Å². The number of thiocarbonyl (C=S) groups is 1. The maximum absolute atomic E-state index is 11.4. The summed E-state index contributed by atoms with van der Waals surface area (Å²) in [6, 6.07) is 6.96. The summed E-state index contributed by atoms with van der Waals surface area (Å²) < 4.78 is 0. The molecular weight excluding hydrogens is 196 g/mol. The molecule has 0 heterocycles. The first kappa shape index (κ1) is 10.7. The highest BCUT2D eigenvalue weighted by Gasteiger charge is 2.05. The first-order chi connectivity index (χ1) is 6.65. The molecule has 0 saturated heterocycles. The maximum atomic E-state index is 11.4. The first-order valence-electron chi connectivity index (χ1n) is 4.33. The summed E-state index contributed by atoms with van der Waals surface area (Å²) in [6.07, 6.45) is 0. The summed E-state index contributed by atoms with van der Waals surface area (Å²) >= 11 is 4.82. The van der Waals surface area contributed by atoms with Crippen LogP contribution in [0.5, 0.6) is 0 Å². The van der Waals surface area contributed by atoms with E-state index in [1.54, 1.807) is 24.3 Å². The Morgan fingerprint density at radius 3 is 2.71 bits per heavy atom. The molecule has 0 fully saturated rings. The Morgan fingerprint density at radius 2 is 2.14 bits per heavy atom. The van der Waals surface area contributed by atoms with Crippen molar-refractivity contribution in [2.24, 2.45) is 5.73 Å². The van der Waals surface area contributed by atoms with Gasteiger partial charge in [-0.15, -0.1) is 0 Å². The van der Waals surface area contributed by atoms with Crippen molar-refractivity contribution in [3.05, 3.63) is 35.4 Å². The molecule has 1 aromatic carbocycles. The van der Waals surface area contributed by atoms with Crippen LogP contribution in [-0.2, 0) is 0 Å². The molecule has 1 aromatic rings. The molecule has 3 nitrogen and oxygen atoms in total. The zero-order chi connectivity index (χ0) is 10.6. The van der Waals surface area contributed by atoms with Gasteiger partial charge < -0.3 is 11.1 Å². The summed E-state index contributed by atoms with van der Waals surface area (Å²) in [4.78, 5) is 11.7. The van der Waals surface area contributed by atoms with Crippen molar-refractivity contribution in [3.8, 4) is 0 Å². The van der Waals surface area contributed by atoms with Crippen molar-refractivity contribution in [2.75, 3.05) is 6.54 Å². The zero-order valence-corrected chi connectivity index (χ0v) is 8.73. The highest BCUT2D eigenvalue weighted by atomic mass is 32.1. The average molecular weight is 208 g/mol. The lowest BCUT2D eigenvalue weighted by molar-refractivity contribution is 0.0956. The minimum Gasteiger partial charge on any atom is -0.389 e. The van der Waals surface area contributed by atoms with Gasteiger partial charge in [-0.2, -0.15) is 0 Å². The predicted molar refractivity (Wildman–Crippen MR) is 60.3 cm³/mol. The van der Waals surface area contributed by atoms with Crippen LogP contribution in [0.4, 0.5) is 0 Å². The van der Waals surface area contributed by atoms with Gasteiger partial charge >= 0.3 is 0 Å². The number of nitrogens with two attached hydrogens (primary N) is 1. The number of amides is 1. The van der Waals surface area contributed by atoms with Crippen LogP contribution in [0.25, 0.3) is 0 Å². The molecule has 0 bridgehead atoms. The molecule has 0 aromatic heterocycles. The Labute approximate surface area is 88.3 Å². The molecule has 1 rings (SSSR count). The topological polar surface area (TPSA) is 55.1 Å². The van der Waals surface area contributed by atoms with E-state index in [1.807, 2.05) is 6.92 Å². The molecule has 3 N–H and O–H groups in total. The van der Waals surface area contributed by atoms with Gasteiger partial charge in [0.05, 0.1) is 0 Å². The van der Waals surface area contributed by atoms with Gasteiger partial charge in [-0.05, 0) is 19.1 Å². The van der Waals surface area contributed by atoms with Gasteiger partial charge in [-0.1, -0.05) is 24.4 Å². The first-order valence-corrected chi connectivity index (χ1v) is 4.74. The van der Waals surface area contributed by atoms with Crippen LogP contribution in [0.1, 0.15) is 22.8 Å². The molecule has 0 unspecified atom stereocenters. The van der Waals surface area contributed by atoms with Gasteiger partial charge in [0.15, 0.2) is 0 Å². The molecule has 74 valence electrons. The van der Waals surface area contributed by atoms with Crippen molar-refractivity contribution in [1.29, 1.82) is 0 Å². The Hall–Kier alpha value is -1.42. The van der Waals surface area contributed by atoms with Crippen LogP contribution in [0.2, 0.25) is 0 Å². The molecule has 0 aliphatic carbocycles. The highest BCUT2D eigenvalue weighted by Crippen LogP contribution is 2.04. The molecule has 0 atom stereocenters. The van der Waals surface area contributed by atoms with Crippen molar-refractivity contribution in [1.82, 2.24) is 5.32 Å². The third-order valence-corrected chi connectivity index (χ3v) is 1.98. The summed E-state index contributed by atoms with van der Waals surface area (Å²) in [5.41, 5.74) is 6.75. The molecule has 0 saturated carbocycles. The molecule has 0 radical (unpaired) electrons. The molecule has 4 heteroatoms. The Morgan fingerprint density at radius 1 is 1.50 bits per heavy atom. The summed E-state index contributed by atoms with van der Waals surface area (Å²) in [5.74, 6) is -0.106. The largest absolute Gasteiger partial charge is 0.389 e. The van der Waals surface area contributed by atoms with Crippen molar-refractivity contribution in [3.63, 3.8) is 0 Å². The lowest BCUT2D eigenvalue weighted by Crippen LogP contribution is -2.23. The Kier molecular flexibility index (Phi) is 3.59. The maximum Gasteiger partial charge on any atom is 0.251 e. The van der Waals surface area contributed by atoms with Gasteiger partial charge in [0, 0.05) is 17.7 Å². The van der Waals surface area contributed by atoms with Crippen LogP contribution in [0.15, 0.2) is 24.3 Å². The number of nitrogens with one attached hydrogen (secondary N) is 1. The normalized spacial score (nSPS) is 9.50. The number of carbonyl (C=O) groups excluding carboxylic acids is 1. The zero-order valence-electron chi connectivity index (χ0n) is 7.91. The van der Waals surface area contributed by atoms with Crippen LogP contribution in [0, 0.1) is 0 Å². The van der Waals surface area contributed by atoms with E-state index >= 15 is 0 Å². The van der Waals surface area contributed by atoms with E-state index in [0.717, 1.165) is 0 Å². The van der Waals surface area contributed by atoms with Crippen molar-refractivity contribution in [2.45, 2.75) is 6.92 Å². The molecule has 1 amide bonds. The number of hydrogen-bond donors (Lipinski definition) is 2. The van der Waals surface area contributed by atoms with E-state index in [-0.39, 0.29) is 5.91 Å². The Balaban J connectivity index is 2.93. The lowest BCUT2D eigenvalue weighted by Gasteiger charge is -2.03. The van der Waals surface area contributed by atoms with Gasteiger partial charge in [-0.25, -0.2) is 0 Å². The van der Waals surface area contributed by atoms with Crippen LogP contribution in [0.3, 0.4) is 0 Å². The number of benzene rings is 1. The second-order valence-electron chi connectivity index (χ2n) is 2.80. The number of carbonyl (C=O) groups is 1. The molecule has 0 aliphatic rings. The van der Waals surface area contributed by atoms with E-state index in [2.05, 4.69) is 5.32 Å². The number of rotatable bonds is 3. The van der Waals surface area contributed by atoms with E-state index in [9.17, 15) is 4.79 Å². The average Bonchev–Trinajstić information content (AvgIpc) is 2.18. The minimum atomic E-state index is -0.106. The fraction of sp³-hybridized carbons (Fsp3) is 0.200. The second-order valence-corrected chi connectivity index (χ2v) is 3.24. The lowest BCUT2D eigenvalue weighted by atomic mass is 10.1. The van der Waals surface area contributed by atoms with E-state index < -0.39 is 0 Å². The fourth-order valence-electron chi connectivity index (χ4n) is 1.08. The highest BCUT2D eigenvalue weighted by molar-refractivity contribution is 7.80. The van der Waals surface area contributed by atoms with E-state index in [4.69, 9.17) is 18.0 Å². The Bertz CT molecular complexity index is 363. The van der Waals surface area contributed by atoms with E-state index in [1.165, 1.54) is 0 Å². The minimum absolute atomic E-state index is 0.106. The van der Waals surface area contributed by atoms with Crippen LogP contribution in [-0.4, -0.2) is 17.4 Å². The van der Waals surface area contributed by atoms with Gasteiger partial charge in [0.25, 0.3) is 5.91 Å². The predicted octanol–water partition coefficient (Wildman–Crippen LogP) is 1.07. The third kappa shape index (κ3) is 2.53. The van der Waals surface area contributed by atoms with Crippen molar-refractivity contribution < 1.29 is 4.79 Å². The molecular formula is C10H12N2OS. The second kappa shape index (κ2) is 4.72. The molecule has 14 heavy (non-hydrogen) atoms. The summed E-state index contributed by atoms with van der Waals surface area (Å²) in [5, 5.41) is 2.70. The fourth-order valence-corrected chi connectivity index (χ4v) is 1.20. The van der Waals surface area contributed by atoms with Gasteiger partial charge in [0.2, 0.25) is 0 Å². The number of hydrogen-bond acceptors (Lipinski definition) is 2. The third-order valence-electron chi connectivity index (χ3n) is 1.75. The smallest absolute Gasteiger partial charge is 0.251 e. The van der Waals surface area contributed by atoms with Crippen molar-refractivity contribution >= 4 is 23.1 Å². The van der Waals surface area contributed by atoms with Gasteiger partial charge in [0.1, 0.15) is 4.99 Å². The summed E-state index contributed by atoms with van der Waals surface area (Å²) in [6.45, 7) is 2.48. The SMILES string of the molecule is CCNC(=O)c1cccc(C(N)=S)c1. The van der Waals surface area contributed by atoms with Crippen LogP contribution < -0.4 is 11.1 Å². The molecule has 0 aliphatic heterocycles. The van der Waals surface area contributed by atoms with Crippen LogP contribution >= 0.6 is 12.2 Å². The quantitative estimate of drug-likeness (QED) is 0.731. The van der Waals surface area contributed by atoms with E-state index in [0.29, 0.717) is 22.7 Å². The molecule has 0 spiro atoms.